The van der Waals surface area contributed by atoms with E-state index in [1.807, 2.05) is 6.07 Å². The molecule has 0 aliphatic rings. The van der Waals surface area contributed by atoms with Gasteiger partial charge in [0.05, 0.1) is 11.3 Å². The minimum absolute atomic E-state index is 0.337. The minimum Gasteiger partial charge on any atom is -0.484 e. The average molecular weight is 314 g/mol. The summed E-state index contributed by atoms with van der Waals surface area (Å²) in [7, 11) is 0. The van der Waals surface area contributed by atoms with E-state index in [-0.39, 0.29) is 0 Å². The standard InChI is InChI=1S/C15H17Cl2NO2/c1-10(2)18-8-11-5-6-19-15(11)9-20-14-4-3-12(16)7-13(14)17/h3-7,10,18H,8-9H2,1-2H3. The highest BCUT2D eigenvalue weighted by Crippen LogP contribution is 2.28. The van der Waals surface area contributed by atoms with Gasteiger partial charge in [-0.25, -0.2) is 0 Å². The largest absolute Gasteiger partial charge is 0.484 e. The monoisotopic (exact) mass is 313 g/mol. The van der Waals surface area contributed by atoms with E-state index in [9.17, 15) is 0 Å². The molecule has 0 unspecified atom stereocenters. The second-order valence-electron chi connectivity index (χ2n) is 4.77. The maximum absolute atomic E-state index is 6.06. The fourth-order valence-electron chi connectivity index (χ4n) is 1.70. The fraction of sp³-hybridized carbons (Fsp3) is 0.333. The Balaban J connectivity index is 1.98. The highest BCUT2D eigenvalue weighted by molar-refractivity contribution is 6.35. The summed E-state index contributed by atoms with van der Waals surface area (Å²) in [5, 5.41) is 4.42. The van der Waals surface area contributed by atoms with Gasteiger partial charge < -0.3 is 14.5 Å². The molecule has 1 aromatic heterocycles. The first-order valence-corrected chi connectivity index (χ1v) is 7.18. The van der Waals surface area contributed by atoms with Gasteiger partial charge in [0, 0.05) is 23.2 Å². The van der Waals surface area contributed by atoms with Gasteiger partial charge in [-0.3, -0.25) is 0 Å². The van der Waals surface area contributed by atoms with Gasteiger partial charge in [0.2, 0.25) is 0 Å². The highest BCUT2D eigenvalue weighted by atomic mass is 35.5. The Morgan fingerprint density at radius 3 is 2.75 bits per heavy atom. The van der Waals surface area contributed by atoms with Crippen LogP contribution in [0.2, 0.25) is 10.0 Å². The Bertz CT molecular complexity index is 567. The quantitative estimate of drug-likeness (QED) is 0.842. The van der Waals surface area contributed by atoms with Gasteiger partial charge in [0.25, 0.3) is 0 Å². The van der Waals surface area contributed by atoms with Crippen LogP contribution in [0.25, 0.3) is 0 Å². The van der Waals surface area contributed by atoms with E-state index in [4.69, 9.17) is 32.4 Å². The molecule has 0 radical (unpaired) electrons. The molecule has 2 aromatic rings. The Kier molecular flexibility index (Phi) is 5.35. The van der Waals surface area contributed by atoms with Crippen molar-refractivity contribution in [2.45, 2.75) is 33.0 Å². The van der Waals surface area contributed by atoms with Crippen molar-refractivity contribution in [3.05, 3.63) is 51.9 Å². The molecular weight excluding hydrogens is 297 g/mol. The summed E-state index contributed by atoms with van der Waals surface area (Å²) in [5.74, 6) is 1.39. The lowest BCUT2D eigenvalue weighted by atomic mass is 10.2. The van der Waals surface area contributed by atoms with Crippen LogP contribution in [-0.2, 0) is 13.2 Å². The summed E-state index contributed by atoms with van der Waals surface area (Å²) < 4.78 is 11.1. The topological polar surface area (TPSA) is 34.4 Å². The predicted molar refractivity (Wildman–Crippen MR) is 81.5 cm³/mol. The van der Waals surface area contributed by atoms with Crippen LogP contribution in [-0.4, -0.2) is 6.04 Å². The normalized spacial score (nSPS) is 11.1. The highest BCUT2D eigenvalue weighted by Gasteiger charge is 2.09. The second kappa shape index (κ2) is 7.02. The lowest BCUT2D eigenvalue weighted by Gasteiger charge is -2.10. The van der Waals surface area contributed by atoms with Gasteiger partial charge in [0.15, 0.2) is 0 Å². The first kappa shape index (κ1) is 15.2. The molecule has 0 aliphatic carbocycles. The first-order valence-electron chi connectivity index (χ1n) is 6.42. The smallest absolute Gasteiger partial charge is 0.146 e. The third-order valence-electron chi connectivity index (χ3n) is 2.79. The van der Waals surface area contributed by atoms with E-state index in [1.165, 1.54) is 0 Å². The second-order valence-corrected chi connectivity index (χ2v) is 5.61. The molecule has 0 atom stereocenters. The number of halogens is 2. The van der Waals surface area contributed by atoms with E-state index < -0.39 is 0 Å². The maximum Gasteiger partial charge on any atom is 0.146 e. The average Bonchev–Trinajstić information content (AvgIpc) is 2.83. The van der Waals surface area contributed by atoms with Crippen LogP contribution in [0.3, 0.4) is 0 Å². The number of furan rings is 1. The number of rotatable bonds is 6. The van der Waals surface area contributed by atoms with Crippen molar-refractivity contribution in [1.82, 2.24) is 5.32 Å². The number of hydrogen-bond donors (Lipinski definition) is 1. The molecule has 108 valence electrons. The van der Waals surface area contributed by atoms with Crippen molar-refractivity contribution >= 4 is 23.2 Å². The molecule has 0 saturated heterocycles. The van der Waals surface area contributed by atoms with Gasteiger partial charge in [-0.1, -0.05) is 37.0 Å². The van der Waals surface area contributed by atoms with E-state index in [0.717, 1.165) is 17.9 Å². The van der Waals surface area contributed by atoms with Gasteiger partial charge >= 0.3 is 0 Å². The molecule has 1 heterocycles. The molecule has 3 nitrogen and oxygen atoms in total. The van der Waals surface area contributed by atoms with Crippen molar-refractivity contribution in [2.75, 3.05) is 0 Å². The molecule has 20 heavy (non-hydrogen) atoms. The van der Waals surface area contributed by atoms with Crippen LogP contribution in [0.5, 0.6) is 5.75 Å². The van der Waals surface area contributed by atoms with Crippen molar-refractivity contribution in [3.8, 4) is 5.75 Å². The number of nitrogens with one attached hydrogen (secondary N) is 1. The van der Waals surface area contributed by atoms with E-state index in [0.29, 0.717) is 28.4 Å². The Hall–Kier alpha value is -1.16. The van der Waals surface area contributed by atoms with Gasteiger partial charge in [0.1, 0.15) is 18.1 Å². The summed E-state index contributed by atoms with van der Waals surface area (Å²) in [4.78, 5) is 0. The van der Waals surface area contributed by atoms with Crippen LogP contribution in [0, 0.1) is 0 Å². The molecule has 1 aromatic carbocycles. The van der Waals surface area contributed by atoms with Gasteiger partial charge in [-0.15, -0.1) is 0 Å². The number of hydrogen-bond acceptors (Lipinski definition) is 3. The van der Waals surface area contributed by atoms with Crippen LogP contribution < -0.4 is 10.1 Å². The molecule has 5 heteroatoms. The molecule has 1 N–H and O–H groups in total. The lowest BCUT2D eigenvalue weighted by Crippen LogP contribution is -2.22. The van der Waals surface area contributed by atoms with E-state index in [2.05, 4.69) is 19.2 Å². The van der Waals surface area contributed by atoms with Gasteiger partial charge in [-0.05, 0) is 24.3 Å². The molecule has 2 rings (SSSR count). The van der Waals surface area contributed by atoms with Crippen LogP contribution in [0.1, 0.15) is 25.2 Å². The molecule has 0 aliphatic heterocycles. The van der Waals surface area contributed by atoms with E-state index in [1.54, 1.807) is 24.5 Å². The van der Waals surface area contributed by atoms with Crippen LogP contribution >= 0.6 is 23.2 Å². The van der Waals surface area contributed by atoms with Crippen LogP contribution in [0.4, 0.5) is 0 Å². The first-order chi connectivity index (χ1) is 9.56. The van der Waals surface area contributed by atoms with Gasteiger partial charge in [-0.2, -0.15) is 0 Å². The summed E-state index contributed by atoms with van der Waals surface area (Å²) in [6.45, 7) is 5.29. The third kappa shape index (κ3) is 4.17. The Morgan fingerprint density at radius 2 is 2.05 bits per heavy atom. The SMILES string of the molecule is CC(C)NCc1ccoc1COc1ccc(Cl)cc1Cl. The molecular formula is C15H17Cl2NO2. The summed E-state index contributed by atoms with van der Waals surface area (Å²) in [6, 6.07) is 7.51. The van der Waals surface area contributed by atoms with Crippen molar-refractivity contribution < 1.29 is 9.15 Å². The summed E-state index contributed by atoms with van der Waals surface area (Å²) in [6.07, 6.45) is 1.67. The molecule has 0 spiro atoms. The number of ether oxygens (including phenoxy) is 1. The number of benzene rings is 1. The Morgan fingerprint density at radius 1 is 1.25 bits per heavy atom. The minimum atomic E-state index is 0.337. The summed E-state index contributed by atoms with van der Waals surface area (Å²) >= 11 is 11.9. The van der Waals surface area contributed by atoms with Crippen molar-refractivity contribution in [3.63, 3.8) is 0 Å². The fourth-order valence-corrected chi connectivity index (χ4v) is 2.16. The zero-order valence-corrected chi connectivity index (χ0v) is 13.0. The predicted octanol–water partition coefficient (Wildman–Crippen LogP) is 4.66. The molecule has 0 fully saturated rings. The lowest BCUT2D eigenvalue weighted by molar-refractivity contribution is 0.268. The Labute approximate surface area is 128 Å². The third-order valence-corrected chi connectivity index (χ3v) is 3.32. The van der Waals surface area contributed by atoms with Crippen LogP contribution in [0.15, 0.2) is 34.9 Å². The maximum atomic E-state index is 6.06. The summed E-state index contributed by atoms with van der Waals surface area (Å²) in [5.41, 5.74) is 1.09. The zero-order valence-electron chi connectivity index (χ0n) is 11.5. The molecule has 0 bridgehead atoms. The zero-order chi connectivity index (χ0) is 14.5. The molecule has 0 amide bonds. The van der Waals surface area contributed by atoms with E-state index >= 15 is 0 Å². The molecule has 0 saturated carbocycles. The van der Waals surface area contributed by atoms with Crippen molar-refractivity contribution in [1.29, 1.82) is 0 Å². The van der Waals surface area contributed by atoms with Crippen molar-refractivity contribution in [2.24, 2.45) is 0 Å².